The van der Waals surface area contributed by atoms with Gasteiger partial charge >= 0.3 is 0 Å². The Hall–Kier alpha value is -0.920. The van der Waals surface area contributed by atoms with Crippen LogP contribution in [-0.2, 0) is 0 Å². The van der Waals surface area contributed by atoms with Crippen molar-refractivity contribution in [3.8, 4) is 0 Å². The predicted octanol–water partition coefficient (Wildman–Crippen LogP) is 0.944. The van der Waals surface area contributed by atoms with E-state index in [0.29, 0.717) is 5.92 Å². The normalized spacial score (nSPS) is 29.5. The van der Waals surface area contributed by atoms with Crippen molar-refractivity contribution in [1.82, 2.24) is 10.6 Å². The van der Waals surface area contributed by atoms with E-state index in [2.05, 4.69) is 29.7 Å². The molecule has 1 atom stereocenters. The van der Waals surface area contributed by atoms with Crippen LogP contribution in [0.15, 0.2) is 23.5 Å². The van der Waals surface area contributed by atoms with Gasteiger partial charge in [-0.25, -0.2) is 0 Å². The zero-order chi connectivity index (χ0) is 6.97. The molecule has 10 heavy (non-hydrogen) atoms. The van der Waals surface area contributed by atoms with E-state index in [0.717, 1.165) is 6.67 Å². The first-order valence-electron chi connectivity index (χ1n) is 3.76. The van der Waals surface area contributed by atoms with Gasteiger partial charge in [-0.1, -0.05) is 13.0 Å². The van der Waals surface area contributed by atoms with Gasteiger partial charge in [0.1, 0.15) is 0 Å². The SMILES string of the molecule is CC1CC=CC2=C1NCN2. The molecule has 2 heteroatoms. The van der Waals surface area contributed by atoms with Crippen LogP contribution in [-0.4, -0.2) is 6.67 Å². The van der Waals surface area contributed by atoms with Crippen molar-refractivity contribution in [2.45, 2.75) is 13.3 Å². The third-order valence-corrected chi connectivity index (χ3v) is 2.11. The average Bonchev–Trinajstić information content (AvgIpc) is 2.36. The summed E-state index contributed by atoms with van der Waals surface area (Å²) in [5, 5.41) is 6.60. The molecular formula is C8H12N2. The molecule has 1 aliphatic heterocycles. The molecule has 54 valence electrons. The zero-order valence-corrected chi connectivity index (χ0v) is 6.15. The number of nitrogens with one attached hydrogen (secondary N) is 2. The largest absolute Gasteiger partial charge is 0.369 e. The smallest absolute Gasteiger partial charge is 0.0848 e. The fourth-order valence-electron chi connectivity index (χ4n) is 1.52. The molecule has 0 radical (unpaired) electrons. The van der Waals surface area contributed by atoms with Crippen molar-refractivity contribution in [3.63, 3.8) is 0 Å². The minimum Gasteiger partial charge on any atom is -0.369 e. The molecule has 0 fully saturated rings. The quantitative estimate of drug-likeness (QED) is 0.518. The van der Waals surface area contributed by atoms with Gasteiger partial charge in [0, 0.05) is 11.6 Å². The van der Waals surface area contributed by atoms with Gasteiger partial charge in [-0.05, 0) is 12.5 Å². The van der Waals surface area contributed by atoms with Crippen molar-refractivity contribution in [3.05, 3.63) is 23.5 Å². The van der Waals surface area contributed by atoms with E-state index in [9.17, 15) is 0 Å². The second kappa shape index (κ2) is 2.04. The Morgan fingerprint density at radius 3 is 3.20 bits per heavy atom. The van der Waals surface area contributed by atoms with Crippen LogP contribution in [0.4, 0.5) is 0 Å². The Bertz CT molecular complexity index is 203. The maximum absolute atomic E-state index is 3.33. The molecule has 0 saturated carbocycles. The third kappa shape index (κ3) is 0.719. The van der Waals surface area contributed by atoms with Crippen molar-refractivity contribution < 1.29 is 0 Å². The van der Waals surface area contributed by atoms with Crippen molar-refractivity contribution >= 4 is 0 Å². The summed E-state index contributed by atoms with van der Waals surface area (Å²) in [5.74, 6) is 0.676. The molecule has 0 saturated heterocycles. The molecule has 0 bridgehead atoms. The molecule has 1 unspecified atom stereocenters. The van der Waals surface area contributed by atoms with Gasteiger partial charge in [0.05, 0.1) is 12.4 Å². The first kappa shape index (κ1) is 5.83. The standard InChI is InChI=1S/C8H12N2/c1-6-3-2-4-7-8(6)10-5-9-7/h2,4,6,9-10H,3,5H2,1H3. The van der Waals surface area contributed by atoms with Crippen molar-refractivity contribution in [2.24, 2.45) is 5.92 Å². The molecule has 2 nitrogen and oxygen atoms in total. The Morgan fingerprint density at radius 1 is 1.50 bits per heavy atom. The highest BCUT2D eigenvalue weighted by Gasteiger charge is 2.18. The number of hydrogen-bond donors (Lipinski definition) is 2. The lowest BCUT2D eigenvalue weighted by molar-refractivity contribution is 0.632. The lowest BCUT2D eigenvalue weighted by atomic mass is 9.98. The van der Waals surface area contributed by atoms with E-state index in [1.165, 1.54) is 17.8 Å². The Kier molecular flexibility index (Phi) is 1.19. The summed E-state index contributed by atoms with van der Waals surface area (Å²) < 4.78 is 0. The second-order valence-corrected chi connectivity index (χ2v) is 2.90. The summed E-state index contributed by atoms with van der Waals surface area (Å²) in [6.45, 7) is 3.15. The number of rotatable bonds is 0. The van der Waals surface area contributed by atoms with Gasteiger partial charge in [-0.3, -0.25) is 0 Å². The lowest BCUT2D eigenvalue weighted by Crippen LogP contribution is -2.17. The van der Waals surface area contributed by atoms with Gasteiger partial charge in [-0.15, -0.1) is 0 Å². The minimum atomic E-state index is 0.676. The highest BCUT2D eigenvalue weighted by Crippen LogP contribution is 2.23. The van der Waals surface area contributed by atoms with Crippen LogP contribution in [0.1, 0.15) is 13.3 Å². The fraction of sp³-hybridized carbons (Fsp3) is 0.500. The van der Waals surface area contributed by atoms with Crippen LogP contribution >= 0.6 is 0 Å². The second-order valence-electron chi connectivity index (χ2n) is 2.90. The van der Waals surface area contributed by atoms with E-state index in [1.54, 1.807) is 0 Å². The number of hydrogen-bond acceptors (Lipinski definition) is 2. The highest BCUT2D eigenvalue weighted by atomic mass is 15.1. The molecule has 0 amide bonds. The summed E-state index contributed by atoms with van der Waals surface area (Å²) in [6.07, 6.45) is 5.56. The van der Waals surface area contributed by atoms with Crippen LogP contribution in [0.5, 0.6) is 0 Å². The monoisotopic (exact) mass is 136 g/mol. The Balaban J connectivity index is 2.30. The summed E-state index contributed by atoms with van der Waals surface area (Å²) in [7, 11) is 0. The summed E-state index contributed by atoms with van der Waals surface area (Å²) in [5.41, 5.74) is 2.68. The van der Waals surface area contributed by atoms with Crippen LogP contribution in [0, 0.1) is 5.92 Å². The van der Waals surface area contributed by atoms with E-state index < -0.39 is 0 Å². The van der Waals surface area contributed by atoms with Gasteiger partial charge in [0.25, 0.3) is 0 Å². The summed E-state index contributed by atoms with van der Waals surface area (Å²) in [6, 6.07) is 0. The third-order valence-electron chi connectivity index (χ3n) is 2.11. The molecule has 0 aromatic rings. The highest BCUT2D eigenvalue weighted by molar-refractivity contribution is 5.31. The molecule has 0 aromatic carbocycles. The van der Waals surface area contributed by atoms with E-state index in [1.807, 2.05) is 0 Å². The first-order chi connectivity index (χ1) is 4.88. The predicted molar refractivity (Wildman–Crippen MR) is 41.1 cm³/mol. The maximum atomic E-state index is 3.33. The Morgan fingerprint density at radius 2 is 2.40 bits per heavy atom. The molecular weight excluding hydrogens is 124 g/mol. The van der Waals surface area contributed by atoms with Gasteiger partial charge in [0.15, 0.2) is 0 Å². The minimum absolute atomic E-state index is 0.676. The maximum Gasteiger partial charge on any atom is 0.0848 e. The van der Waals surface area contributed by atoms with Crippen LogP contribution < -0.4 is 10.6 Å². The van der Waals surface area contributed by atoms with Crippen LogP contribution in [0.25, 0.3) is 0 Å². The van der Waals surface area contributed by atoms with Crippen LogP contribution in [0.2, 0.25) is 0 Å². The summed E-state index contributed by atoms with van der Waals surface area (Å²) >= 11 is 0. The van der Waals surface area contributed by atoms with Crippen molar-refractivity contribution in [2.75, 3.05) is 6.67 Å². The lowest BCUT2D eigenvalue weighted by Gasteiger charge is -2.14. The average molecular weight is 136 g/mol. The molecule has 2 aliphatic rings. The number of allylic oxidation sites excluding steroid dienone is 3. The molecule has 1 aliphatic carbocycles. The van der Waals surface area contributed by atoms with Gasteiger partial charge < -0.3 is 10.6 Å². The molecule has 2 rings (SSSR count). The van der Waals surface area contributed by atoms with Crippen LogP contribution in [0.3, 0.4) is 0 Å². The topological polar surface area (TPSA) is 24.1 Å². The van der Waals surface area contributed by atoms with Crippen molar-refractivity contribution in [1.29, 1.82) is 0 Å². The zero-order valence-electron chi connectivity index (χ0n) is 6.15. The molecule has 0 spiro atoms. The summed E-state index contributed by atoms with van der Waals surface area (Å²) in [4.78, 5) is 0. The Labute approximate surface area is 61.0 Å². The fourth-order valence-corrected chi connectivity index (χ4v) is 1.52. The van der Waals surface area contributed by atoms with E-state index in [-0.39, 0.29) is 0 Å². The van der Waals surface area contributed by atoms with E-state index in [4.69, 9.17) is 0 Å². The molecule has 0 aromatic heterocycles. The van der Waals surface area contributed by atoms with E-state index >= 15 is 0 Å². The van der Waals surface area contributed by atoms with Gasteiger partial charge in [0.2, 0.25) is 0 Å². The molecule has 1 heterocycles. The first-order valence-corrected chi connectivity index (χ1v) is 3.76. The molecule has 2 N–H and O–H groups in total. The van der Waals surface area contributed by atoms with Gasteiger partial charge in [-0.2, -0.15) is 0 Å².